The van der Waals surface area contributed by atoms with Gasteiger partial charge in [0, 0.05) is 0 Å². The first kappa shape index (κ1) is 12.7. The summed E-state index contributed by atoms with van der Waals surface area (Å²) in [7, 11) is 5.31. The van der Waals surface area contributed by atoms with Crippen LogP contribution in [-0.2, 0) is 0 Å². The maximum absolute atomic E-state index is 2.14. The van der Waals surface area contributed by atoms with Crippen LogP contribution in [0.2, 0.25) is 0 Å². The molecular formula is C14H19NSi. The van der Waals surface area contributed by atoms with Gasteiger partial charge in [0.2, 0.25) is 0 Å². The zero-order chi connectivity index (χ0) is 11.8. The second-order valence-electron chi connectivity index (χ2n) is 4.07. The van der Waals surface area contributed by atoms with E-state index in [2.05, 4.69) is 67.2 Å². The number of benzene rings is 2. The fourth-order valence-corrected chi connectivity index (χ4v) is 1.26. The molecule has 16 heavy (non-hydrogen) atoms. The number of rotatable bonds is 1. The van der Waals surface area contributed by atoms with E-state index in [1.54, 1.807) is 0 Å². The van der Waals surface area contributed by atoms with Crippen LogP contribution in [-0.4, -0.2) is 29.1 Å². The average Bonchev–Trinajstić information content (AvgIpc) is 2.31. The predicted molar refractivity (Wildman–Crippen MR) is 75.5 cm³/mol. The SMILES string of the molecule is CN(C)[SiH3].c1ccc(-c2ccccc2)cc1. The summed E-state index contributed by atoms with van der Waals surface area (Å²) < 4.78 is 2.14. The van der Waals surface area contributed by atoms with Crippen LogP contribution in [0.1, 0.15) is 0 Å². The molecule has 0 saturated heterocycles. The Morgan fingerprint density at radius 2 is 0.938 bits per heavy atom. The van der Waals surface area contributed by atoms with Gasteiger partial charge in [-0.2, -0.15) is 0 Å². The predicted octanol–water partition coefficient (Wildman–Crippen LogP) is 2.18. The van der Waals surface area contributed by atoms with Crippen molar-refractivity contribution in [3.63, 3.8) is 0 Å². The highest BCUT2D eigenvalue weighted by molar-refractivity contribution is 6.03. The molecule has 2 heteroatoms. The number of nitrogens with zero attached hydrogens (tertiary/aromatic N) is 1. The molecule has 0 bridgehead atoms. The van der Waals surface area contributed by atoms with Crippen molar-refractivity contribution in [1.82, 2.24) is 4.57 Å². The number of hydrogen-bond acceptors (Lipinski definition) is 1. The maximum Gasteiger partial charge on any atom is 0.0777 e. The molecule has 0 atom stereocenters. The van der Waals surface area contributed by atoms with E-state index in [1.807, 2.05) is 12.1 Å². The molecule has 0 aliphatic carbocycles. The van der Waals surface area contributed by atoms with Crippen LogP contribution < -0.4 is 0 Å². The van der Waals surface area contributed by atoms with Gasteiger partial charge in [0.25, 0.3) is 0 Å². The first-order valence-electron chi connectivity index (χ1n) is 5.41. The Labute approximate surface area is 101 Å². The van der Waals surface area contributed by atoms with E-state index in [1.165, 1.54) is 21.5 Å². The third kappa shape index (κ3) is 4.91. The molecule has 0 fully saturated rings. The highest BCUT2D eigenvalue weighted by Gasteiger charge is 1.91. The summed E-state index contributed by atoms with van der Waals surface area (Å²) in [5, 5.41) is 0. The van der Waals surface area contributed by atoms with Crippen molar-refractivity contribution in [2.45, 2.75) is 0 Å². The fraction of sp³-hybridized carbons (Fsp3) is 0.143. The van der Waals surface area contributed by atoms with Gasteiger partial charge in [-0.15, -0.1) is 0 Å². The van der Waals surface area contributed by atoms with Gasteiger partial charge in [0.05, 0.1) is 10.4 Å². The second kappa shape index (κ2) is 6.98. The lowest BCUT2D eigenvalue weighted by molar-refractivity contribution is 0.679. The second-order valence-corrected chi connectivity index (χ2v) is 5.86. The van der Waals surface area contributed by atoms with E-state index in [9.17, 15) is 0 Å². The van der Waals surface area contributed by atoms with Gasteiger partial charge in [0.15, 0.2) is 0 Å². The van der Waals surface area contributed by atoms with E-state index < -0.39 is 0 Å². The van der Waals surface area contributed by atoms with E-state index in [4.69, 9.17) is 0 Å². The molecule has 0 aliphatic heterocycles. The maximum atomic E-state index is 2.14. The summed E-state index contributed by atoms with van der Waals surface area (Å²) >= 11 is 0. The van der Waals surface area contributed by atoms with E-state index in [-0.39, 0.29) is 0 Å². The lowest BCUT2D eigenvalue weighted by atomic mass is 10.1. The average molecular weight is 229 g/mol. The van der Waals surface area contributed by atoms with E-state index in [0.29, 0.717) is 0 Å². The lowest BCUT2D eigenvalue weighted by Gasteiger charge is -1.98. The summed E-state index contributed by atoms with van der Waals surface area (Å²) in [6.45, 7) is 0. The Bertz CT molecular complexity index is 344. The minimum absolute atomic E-state index is 1.18. The van der Waals surface area contributed by atoms with Crippen molar-refractivity contribution in [3.05, 3.63) is 60.7 Å². The van der Waals surface area contributed by atoms with Crippen LogP contribution in [0, 0.1) is 0 Å². The zero-order valence-electron chi connectivity index (χ0n) is 10.2. The molecule has 0 aromatic heterocycles. The van der Waals surface area contributed by atoms with Gasteiger partial charge >= 0.3 is 0 Å². The summed E-state index contributed by atoms with van der Waals surface area (Å²) in [6, 6.07) is 20.8. The number of hydrogen-bond donors (Lipinski definition) is 0. The summed E-state index contributed by atoms with van der Waals surface area (Å²) in [4.78, 5) is 0. The molecule has 0 N–H and O–H groups in total. The van der Waals surface area contributed by atoms with Gasteiger partial charge in [-0.25, -0.2) is 0 Å². The van der Waals surface area contributed by atoms with Crippen LogP contribution in [0.15, 0.2) is 60.7 Å². The van der Waals surface area contributed by atoms with Crippen molar-refractivity contribution in [2.24, 2.45) is 0 Å². The first-order valence-corrected chi connectivity index (χ1v) is 6.31. The van der Waals surface area contributed by atoms with Crippen molar-refractivity contribution < 1.29 is 0 Å². The Morgan fingerprint density at radius 1 is 0.688 bits per heavy atom. The molecule has 2 rings (SSSR count). The third-order valence-electron chi connectivity index (χ3n) is 1.88. The summed E-state index contributed by atoms with van der Waals surface area (Å²) in [6.07, 6.45) is 0. The smallest absolute Gasteiger partial charge is 0.0777 e. The van der Waals surface area contributed by atoms with Crippen LogP contribution in [0.4, 0.5) is 0 Å². The molecule has 84 valence electrons. The van der Waals surface area contributed by atoms with Gasteiger partial charge < -0.3 is 4.57 Å². The van der Waals surface area contributed by atoms with Gasteiger partial charge in [-0.05, 0) is 25.2 Å². The zero-order valence-corrected chi connectivity index (χ0v) is 12.2. The molecule has 2 aromatic rings. The Kier molecular flexibility index (Phi) is 5.54. The van der Waals surface area contributed by atoms with Crippen molar-refractivity contribution in [3.8, 4) is 11.1 Å². The minimum atomic E-state index is 1.18. The molecular weight excluding hydrogens is 210 g/mol. The Hall–Kier alpha value is -1.38. The van der Waals surface area contributed by atoms with Gasteiger partial charge in [-0.1, -0.05) is 60.7 Å². The fourth-order valence-electron chi connectivity index (χ4n) is 1.26. The molecule has 0 saturated carbocycles. The van der Waals surface area contributed by atoms with Crippen LogP contribution in [0.5, 0.6) is 0 Å². The summed E-state index contributed by atoms with van der Waals surface area (Å²) in [5.74, 6) is 0. The van der Waals surface area contributed by atoms with E-state index >= 15 is 0 Å². The van der Waals surface area contributed by atoms with Crippen LogP contribution >= 0.6 is 0 Å². The van der Waals surface area contributed by atoms with Gasteiger partial charge in [0.1, 0.15) is 0 Å². The largest absolute Gasteiger partial charge is 0.337 e. The van der Waals surface area contributed by atoms with Crippen molar-refractivity contribution in [2.75, 3.05) is 14.1 Å². The molecule has 1 nitrogen and oxygen atoms in total. The highest BCUT2D eigenvalue weighted by Crippen LogP contribution is 2.17. The van der Waals surface area contributed by atoms with Gasteiger partial charge in [-0.3, -0.25) is 0 Å². The molecule has 0 unspecified atom stereocenters. The lowest BCUT2D eigenvalue weighted by Crippen LogP contribution is -2.02. The van der Waals surface area contributed by atoms with Crippen LogP contribution in [0.3, 0.4) is 0 Å². The minimum Gasteiger partial charge on any atom is -0.337 e. The van der Waals surface area contributed by atoms with Crippen molar-refractivity contribution >= 4 is 10.4 Å². The molecule has 0 heterocycles. The first-order chi connectivity index (χ1) is 7.70. The third-order valence-corrected chi connectivity index (χ3v) is 1.88. The molecule has 2 aromatic carbocycles. The molecule has 0 aliphatic rings. The van der Waals surface area contributed by atoms with E-state index in [0.717, 1.165) is 0 Å². The molecule has 0 radical (unpaired) electrons. The topological polar surface area (TPSA) is 3.24 Å². The summed E-state index contributed by atoms with van der Waals surface area (Å²) in [5.41, 5.74) is 2.55. The molecule has 0 amide bonds. The van der Waals surface area contributed by atoms with Crippen molar-refractivity contribution in [1.29, 1.82) is 0 Å². The Balaban J connectivity index is 0.000000280. The Morgan fingerprint density at radius 3 is 1.19 bits per heavy atom. The monoisotopic (exact) mass is 229 g/mol. The highest BCUT2D eigenvalue weighted by atomic mass is 28.2. The van der Waals surface area contributed by atoms with Crippen LogP contribution in [0.25, 0.3) is 11.1 Å². The standard InChI is InChI=1S/C12H10.C2H9NSi/c1-3-7-11(8-4-1)12-9-5-2-6-10-12;1-3(2)4/h1-10H;1-2,4H3. The quantitative estimate of drug-likeness (QED) is 0.678. The normalized spacial score (nSPS) is 9.69. The molecule has 0 spiro atoms.